The Bertz CT molecular complexity index is 1280. The average molecular weight is 504 g/mol. The number of rotatable bonds is 8. The second kappa shape index (κ2) is 11.5. The van der Waals surface area contributed by atoms with Crippen molar-refractivity contribution in [3.8, 4) is 11.8 Å². The van der Waals surface area contributed by atoms with Gasteiger partial charge in [0.2, 0.25) is 5.91 Å². The highest BCUT2D eigenvalue weighted by Crippen LogP contribution is 2.32. The number of carbonyl (C=O) groups excluding carboxylic acids is 1. The van der Waals surface area contributed by atoms with Crippen LogP contribution in [0.1, 0.15) is 44.4 Å². The monoisotopic (exact) mass is 503 g/mol. The molecule has 37 heavy (non-hydrogen) atoms. The molecule has 3 aromatic rings. The number of nitrogens with zero attached hydrogens (tertiary/aromatic N) is 1. The van der Waals surface area contributed by atoms with E-state index < -0.39 is 24.2 Å². The van der Waals surface area contributed by atoms with Gasteiger partial charge in [-0.15, -0.1) is 0 Å². The molecule has 1 aliphatic rings. The summed E-state index contributed by atoms with van der Waals surface area (Å²) in [4.78, 5) is 22.8. The van der Waals surface area contributed by atoms with E-state index in [1.807, 2.05) is 48.7 Å². The standard InChI is InChI=1S/C30H37N3O4/c1-20(35)27-26(19-34)37-33(18-23-10-6-5-9-21(23)13-15-30(2,3)4)28(27)29(36)31-16-14-22-17-32-25-12-8-7-11-24(22)25/h5-12,17,20,26-28,32,34-35H,14,16,18-19H2,1-4H3,(H,31,36)/t20-,26-,27+,28-/m0/s1. The number of nitrogens with one attached hydrogen (secondary N) is 2. The third-order valence-electron chi connectivity index (χ3n) is 6.66. The van der Waals surface area contributed by atoms with Crippen molar-refractivity contribution in [1.29, 1.82) is 0 Å². The molecule has 4 N–H and O–H groups in total. The first-order valence-corrected chi connectivity index (χ1v) is 12.8. The molecule has 4 rings (SSSR count). The third kappa shape index (κ3) is 6.41. The van der Waals surface area contributed by atoms with Crippen LogP contribution in [0.3, 0.4) is 0 Å². The van der Waals surface area contributed by atoms with Gasteiger partial charge in [0.1, 0.15) is 12.1 Å². The van der Waals surface area contributed by atoms with Crippen LogP contribution < -0.4 is 5.32 Å². The van der Waals surface area contributed by atoms with Crippen LogP contribution in [0.5, 0.6) is 0 Å². The van der Waals surface area contributed by atoms with Crippen LogP contribution in [-0.2, 0) is 22.6 Å². The highest BCUT2D eigenvalue weighted by atomic mass is 16.7. The second-order valence-corrected chi connectivity index (χ2v) is 10.7. The maximum Gasteiger partial charge on any atom is 0.240 e. The first-order chi connectivity index (χ1) is 17.7. The van der Waals surface area contributed by atoms with E-state index in [-0.39, 0.29) is 17.9 Å². The number of hydrogen-bond acceptors (Lipinski definition) is 5. The number of para-hydroxylation sites is 1. The van der Waals surface area contributed by atoms with Crippen molar-refractivity contribution < 1.29 is 19.8 Å². The van der Waals surface area contributed by atoms with Gasteiger partial charge in [-0.1, -0.05) is 48.2 Å². The first kappa shape index (κ1) is 26.9. The zero-order valence-corrected chi connectivity index (χ0v) is 22.0. The fraction of sp³-hybridized carbons (Fsp3) is 0.433. The minimum Gasteiger partial charge on any atom is -0.394 e. The van der Waals surface area contributed by atoms with E-state index in [0.717, 1.165) is 27.6 Å². The minimum atomic E-state index is -0.845. The number of hydroxylamine groups is 2. The summed E-state index contributed by atoms with van der Waals surface area (Å²) in [6, 6.07) is 15.1. The molecule has 7 nitrogen and oxygen atoms in total. The van der Waals surface area contributed by atoms with Crippen LogP contribution in [-0.4, -0.2) is 57.6 Å². The number of aromatic nitrogens is 1. The van der Waals surface area contributed by atoms with Gasteiger partial charge in [0.25, 0.3) is 0 Å². The smallest absolute Gasteiger partial charge is 0.240 e. The molecular weight excluding hydrogens is 466 g/mol. The Morgan fingerprint density at radius 2 is 1.89 bits per heavy atom. The fourth-order valence-electron chi connectivity index (χ4n) is 4.84. The molecule has 0 aliphatic carbocycles. The van der Waals surface area contributed by atoms with Crippen LogP contribution in [0.25, 0.3) is 10.9 Å². The molecule has 196 valence electrons. The number of aromatic amines is 1. The lowest BCUT2D eigenvalue weighted by Gasteiger charge is -2.26. The lowest BCUT2D eigenvalue weighted by molar-refractivity contribution is -0.181. The number of aliphatic hydroxyl groups is 2. The van der Waals surface area contributed by atoms with E-state index in [9.17, 15) is 15.0 Å². The zero-order valence-electron chi connectivity index (χ0n) is 22.0. The molecule has 0 saturated carbocycles. The van der Waals surface area contributed by atoms with Crippen LogP contribution >= 0.6 is 0 Å². The van der Waals surface area contributed by atoms with Crippen molar-refractivity contribution in [2.75, 3.05) is 13.2 Å². The molecule has 0 unspecified atom stereocenters. The number of benzene rings is 2. The Labute approximate surface area is 218 Å². The van der Waals surface area contributed by atoms with E-state index in [4.69, 9.17) is 4.84 Å². The van der Waals surface area contributed by atoms with Gasteiger partial charge >= 0.3 is 0 Å². The maximum atomic E-state index is 13.5. The van der Waals surface area contributed by atoms with Crippen LogP contribution in [0.4, 0.5) is 0 Å². The number of carbonyl (C=O) groups is 1. The lowest BCUT2D eigenvalue weighted by Crippen LogP contribution is -2.49. The molecule has 0 radical (unpaired) electrons. The van der Waals surface area contributed by atoms with Crippen molar-refractivity contribution in [2.24, 2.45) is 11.3 Å². The van der Waals surface area contributed by atoms with Crippen molar-refractivity contribution >= 4 is 16.8 Å². The summed E-state index contributed by atoms with van der Waals surface area (Å²) in [6.07, 6.45) is 1.11. The Morgan fingerprint density at radius 1 is 1.16 bits per heavy atom. The van der Waals surface area contributed by atoms with Gasteiger partial charge in [-0.05, 0) is 57.4 Å². The van der Waals surface area contributed by atoms with Crippen molar-refractivity contribution in [3.05, 3.63) is 71.4 Å². The fourth-order valence-corrected chi connectivity index (χ4v) is 4.84. The molecule has 2 aromatic carbocycles. The first-order valence-electron chi connectivity index (χ1n) is 12.8. The second-order valence-electron chi connectivity index (χ2n) is 10.7. The van der Waals surface area contributed by atoms with Gasteiger partial charge in [-0.2, -0.15) is 5.06 Å². The van der Waals surface area contributed by atoms with Gasteiger partial charge in [-0.25, -0.2) is 0 Å². The van der Waals surface area contributed by atoms with Crippen molar-refractivity contribution in [3.63, 3.8) is 0 Å². The molecule has 1 aromatic heterocycles. The Kier molecular flexibility index (Phi) is 8.35. The molecule has 0 spiro atoms. The summed E-state index contributed by atoms with van der Waals surface area (Å²) < 4.78 is 0. The van der Waals surface area contributed by atoms with Gasteiger partial charge in [0.15, 0.2) is 0 Å². The number of H-pyrrole nitrogens is 1. The van der Waals surface area contributed by atoms with E-state index in [1.165, 1.54) is 0 Å². The molecule has 4 atom stereocenters. The Balaban J connectivity index is 1.52. The van der Waals surface area contributed by atoms with E-state index >= 15 is 0 Å². The summed E-state index contributed by atoms with van der Waals surface area (Å²) in [7, 11) is 0. The zero-order chi connectivity index (χ0) is 26.6. The molecule has 7 heteroatoms. The van der Waals surface area contributed by atoms with Gasteiger partial charge in [0.05, 0.1) is 19.3 Å². The molecular formula is C30H37N3O4. The predicted molar refractivity (Wildman–Crippen MR) is 144 cm³/mol. The number of aliphatic hydroxyl groups excluding tert-OH is 2. The maximum absolute atomic E-state index is 13.5. The van der Waals surface area contributed by atoms with Crippen LogP contribution in [0.15, 0.2) is 54.7 Å². The molecule has 0 bridgehead atoms. The van der Waals surface area contributed by atoms with E-state index in [1.54, 1.807) is 12.0 Å². The Hall–Kier alpha value is -3.15. The summed E-state index contributed by atoms with van der Waals surface area (Å²) in [6.45, 7) is 8.25. The molecule has 2 heterocycles. The highest BCUT2D eigenvalue weighted by Gasteiger charge is 2.49. The molecule has 1 aliphatic heterocycles. The topological polar surface area (TPSA) is 97.8 Å². The van der Waals surface area contributed by atoms with Crippen LogP contribution in [0.2, 0.25) is 0 Å². The predicted octanol–water partition coefficient (Wildman–Crippen LogP) is 3.40. The number of fused-ring (bicyclic) bond motifs is 1. The summed E-state index contributed by atoms with van der Waals surface area (Å²) in [5.41, 5.74) is 3.82. The number of amides is 1. The third-order valence-corrected chi connectivity index (χ3v) is 6.66. The summed E-state index contributed by atoms with van der Waals surface area (Å²) >= 11 is 0. The van der Waals surface area contributed by atoms with E-state index in [0.29, 0.717) is 19.5 Å². The van der Waals surface area contributed by atoms with Gasteiger partial charge < -0.3 is 20.5 Å². The Morgan fingerprint density at radius 3 is 2.62 bits per heavy atom. The van der Waals surface area contributed by atoms with Crippen LogP contribution in [0, 0.1) is 23.2 Å². The molecule has 1 saturated heterocycles. The average Bonchev–Trinajstić information content (AvgIpc) is 3.44. The van der Waals surface area contributed by atoms with Gasteiger partial charge in [0, 0.05) is 40.5 Å². The SMILES string of the molecule is C[C@H](O)[C@@H]1[C@H](CO)ON(Cc2ccccc2C#CC(C)(C)C)[C@@H]1C(=O)NCCc1c[nH]c2ccccc12. The highest BCUT2D eigenvalue weighted by molar-refractivity contribution is 5.84. The summed E-state index contributed by atoms with van der Waals surface area (Å²) in [5.74, 6) is 5.71. The van der Waals surface area contributed by atoms with Crippen molar-refractivity contribution in [1.82, 2.24) is 15.4 Å². The lowest BCUT2D eigenvalue weighted by atomic mass is 9.89. The van der Waals surface area contributed by atoms with Crippen molar-refractivity contribution in [2.45, 2.75) is 58.9 Å². The van der Waals surface area contributed by atoms with Gasteiger partial charge in [-0.3, -0.25) is 9.63 Å². The number of hydrogen-bond donors (Lipinski definition) is 4. The molecule has 1 amide bonds. The minimum absolute atomic E-state index is 0.149. The van der Waals surface area contributed by atoms with E-state index in [2.05, 4.69) is 49.0 Å². The largest absolute Gasteiger partial charge is 0.394 e. The quantitative estimate of drug-likeness (QED) is 0.353. The normalized spacial score (nSPS) is 21.0. The summed E-state index contributed by atoms with van der Waals surface area (Å²) in [5, 5.41) is 26.3. The molecule has 1 fully saturated rings.